The summed E-state index contributed by atoms with van der Waals surface area (Å²) in [4.78, 5) is 20.9. The van der Waals surface area contributed by atoms with Crippen LogP contribution < -0.4 is 10.6 Å². The quantitative estimate of drug-likeness (QED) is 0.806. The number of halogens is 1. The lowest BCUT2D eigenvalue weighted by Gasteiger charge is -2.23. The minimum Gasteiger partial charge on any atom is -0.366 e. The average Bonchev–Trinajstić information content (AvgIpc) is 2.59. The molecule has 2 aromatic rings. The third-order valence-corrected chi connectivity index (χ3v) is 4.87. The van der Waals surface area contributed by atoms with Crippen molar-refractivity contribution in [2.24, 2.45) is 0 Å². The molecule has 1 heterocycles. The molecule has 1 fully saturated rings. The lowest BCUT2D eigenvalue weighted by Crippen LogP contribution is -2.23. The monoisotopic (exact) mass is 388 g/mol. The van der Waals surface area contributed by atoms with Crippen LogP contribution in [0.5, 0.6) is 0 Å². The number of carbonyl (C=O) groups is 1. The van der Waals surface area contributed by atoms with E-state index in [4.69, 9.17) is 0 Å². The first-order chi connectivity index (χ1) is 11.6. The van der Waals surface area contributed by atoms with Gasteiger partial charge in [-0.25, -0.2) is 9.97 Å². The van der Waals surface area contributed by atoms with Crippen molar-refractivity contribution < 1.29 is 4.79 Å². The van der Waals surface area contributed by atoms with Crippen LogP contribution in [0.1, 0.15) is 48.2 Å². The van der Waals surface area contributed by atoms with Crippen LogP contribution in [-0.4, -0.2) is 21.9 Å². The van der Waals surface area contributed by atoms with Crippen molar-refractivity contribution in [3.05, 3.63) is 46.3 Å². The molecule has 0 spiro atoms. The maximum absolute atomic E-state index is 12.3. The maximum Gasteiger partial charge on any atom is 0.275 e. The predicted molar refractivity (Wildman–Crippen MR) is 99.4 cm³/mol. The standard InChI is InChI=1S/C18H21BrN4O/c1-12-7-8-15(14(19)9-12)23-18(24)16-10-21-17(11-20-16)22-13-5-3-2-4-6-13/h7-11,13H,2-6H2,1H3,(H,21,22)(H,23,24). The van der Waals surface area contributed by atoms with Gasteiger partial charge in [0.25, 0.3) is 5.91 Å². The Bertz CT molecular complexity index is 711. The molecular weight excluding hydrogens is 368 g/mol. The highest BCUT2D eigenvalue weighted by Crippen LogP contribution is 2.24. The van der Waals surface area contributed by atoms with E-state index in [1.165, 1.54) is 38.3 Å². The zero-order chi connectivity index (χ0) is 16.9. The van der Waals surface area contributed by atoms with Gasteiger partial charge in [-0.15, -0.1) is 0 Å². The Kier molecular flexibility index (Phi) is 5.45. The molecule has 5 nitrogen and oxygen atoms in total. The maximum atomic E-state index is 12.3. The second-order valence-corrected chi connectivity index (χ2v) is 7.06. The molecule has 1 aromatic heterocycles. The third-order valence-electron chi connectivity index (χ3n) is 4.21. The second kappa shape index (κ2) is 7.75. The fourth-order valence-electron chi connectivity index (χ4n) is 2.88. The molecule has 24 heavy (non-hydrogen) atoms. The summed E-state index contributed by atoms with van der Waals surface area (Å²) in [5.41, 5.74) is 2.14. The summed E-state index contributed by atoms with van der Waals surface area (Å²) in [6.07, 6.45) is 9.33. The topological polar surface area (TPSA) is 66.9 Å². The molecule has 0 atom stereocenters. The number of hydrogen-bond acceptors (Lipinski definition) is 4. The number of amides is 1. The van der Waals surface area contributed by atoms with E-state index in [0.29, 0.717) is 11.7 Å². The number of aryl methyl sites for hydroxylation is 1. The summed E-state index contributed by atoms with van der Waals surface area (Å²) in [6.45, 7) is 2.00. The number of aromatic nitrogens is 2. The van der Waals surface area contributed by atoms with Crippen molar-refractivity contribution in [3.63, 3.8) is 0 Å². The number of benzene rings is 1. The molecule has 3 rings (SSSR count). The van der Waals surface area contributed by atoms with Crippen LogP contribution in [0.25, 0.3) is 0 Å². The minimum absolute atomic E-state index is 0.267. The van der Waals surface area contributed by atoms with Gasteiger partial charge < -0.3 is 10.6 Å². The van der Waals surface area contributed by atoms with E-state index in [1.54, 1.807) is 6.20 Å². The fourth-order valence-corrected chi connectivity index (χ4v) is 3.48. The Balaban J connectivity index is 1.62. The summed E-state index contributed by atoms with van der Waals surface area (Å²) in [5.74, 6) is 0.464. The molecule has 0 bridgehead atoms. The van der Waals surface area contributed by atoms with Gasteiger partial charge in [0.2, 0.25) is 0 Å². The highest BCUT2D eigenvalue weighted by molar-refractivity contribution is 9.10. The minimum atomic E-state index is -0.267. The number of anilines is 2. The van der Waals surface area contributed by atoms with Gasteiger partial charge in [0.1, 0.15) is 11.5 Å². The number of nitrogens with zero attached hydrogens (tertiary/aromatic N) is 2. The predicted octanol–water partition coefficient (Wildman–Crippen LogP) is 4.54. The SMILES string of the molecule is Cc1ccc(NC(=O)c2cnc(NC3CCCCC3)cn2)c(Br)c1. The zero-order valence-corrected chi connectivity index (χ0v) is 15.3. The van der Waals surface area contributed by atoms with Gasteiger partial charge in [-0.2, -0.15) is 0 Å². The summed E-state index contributed by atoms with van der Waals surface area (Å²) in [6, 6.07) is 6.24. The van der Waals surface area contributed by atoms with Crippen LogP contribution in [0.3, 0.4) is 0 Å². The van der Waals surface area contributed by atoms with Crippen molar-refractivity contribution in [3.8, 4) is 0 Å². The molecule has 0 aliphatic heterocycles. The largest absolute Gasteiger partial charge is 0.366 e. The van der Waals surface area contributed by atoms with Gasteiger partial charge in [0.15, 0.2) is 0 Å². The number of hydrogen-bond donors (Lipinski definition) is 2. The Hall–Kier alpha value is -1.95. The van der Waals surface area contributed by atoms with E-state index in [-0.39, 0.29) is 5.91 Å². The molecule has 1 aromatic carbocycles. The summed E-state index contributed by atoms with van der Waals surface area (Å²) >= 11 is 3.45. The van der Waals surface area contributed by atoms with Gasteiger partial charge in [0.05, 0.1) is 18.1 Å². The van der Waals surface area contributed by atoms with E-state index < -0.39 is 0 Å². The summed E-state index contributed by atoms with van der Waals surface area (Å²) in [7, 11) is 0. The van der Waals surface area contributed by atoms with Gasteiger partial charge >= 0.3 is 0 Å². The molecule has 1 amide bonds. The van der Waals surface area contributed by atoms with Crippen LogP contribution >= 0.6 is 15.9 Å². The van der Waals surface area contributed by atoms with E-state index in [0.717, 1.165) is 21.5 Å². The van der Waals surface area contributed by atoms with Crippen molar-refractivity contribution in [1.82, 2.24) is 9.97 Å². The van der Waals surface area contributed by atoms with Crippen molar-refractivity contribution in [2.75, 3.05) is 10.6 Å². The first-order valence-corrected chi connectivity index (χ1v) is 9.07. The highest BCUT2D eigenvalue weighted by atomic mass is 79.9. The zero-order valence-electron chi connectivity index (χ0n) is 13.7. The molecule has 1 aliphatic rings. The first kappa shape index (κ1) is 16.9. The number of rotatable bonds is 4. The molecule has 1 saturated carbocycles. The Labute approximate surface area is 150 Å². The molecule has 6 heteroatoms. The van der Waals surface area contributed by atoms with Crippen LogP contribution in [-0.2, 0) is 0 Å². The van der Waals surface area contributed by atoms with Crippen LogP contribution in [0.4, 0.5) is 11.5 Å². The number of carbonyl (C=O) groups excluding carboxylic acids is 1. The fraction of sp³-hybridized carbons (Fsp3) is 0.389. The Morgan fingerprint density at radius 1 is 1.17 bits per heavy atom. The van der Waals surface area contributed by atoms with Crippen molar-refractivity contribution in [1.29, 1.82) is 0 Å². The molecule has 0 saturated heterocycles. The van der Waals surface area contributed by atoms with Gasteiger partial charge in [-0.05, 0) is 53.4 Å². The van der Waals surface area contributed by atoms with E-state index >= 15 is 0 Å². The smallest absolute Gasteiger partial charge is 0.275 e. The van der Waals surface area contributed by atoms with E-state index in [9.17, 15) is 4.79 Å². The number of nitrogens with one attached hydrogen (secondary N) is 2. The molecule has 126 valence electrons. The lowest BCUT2D eigenvalue weighted by atomic mass is 9.96. The van der Waals surface area contributed by atoms with Gasteiger partial charge in [-0.3, -0.25) is 4.79 Å². The normalized spacial score (nSPS) is 15.1. The van der Waals surface area contributed by atoms with Gasteiger partial charge in [0, 0.05) is 10.5 Å². The summed E-state index contributed by atoms with van der Waals surface area (Å²) in [5, 5.41) is 6.25. The Morgan fingerprint density at radius 2 is 1.96 bits per heavy atom. The van der Waals surface area contributed by atoms with Crippen LogP contribution in [0, 0.1) is 6.92 Å². The second-order valence-electron chi connectivity index (χ2n) is 6.20. The average molecular weight is 389 g/mol. The van der Waals surface area contributed by atoms with Gasteiger partial charge in [-0.1, -0.05) is 25.3 Å². The van der Waals surface area contributed by atoms with E-state index in [2.05, 4.69) is 36.5 Å². The molecular formula is C18H21BrN4O. The first-order valence-electron chi connectivity index (χ1n) is 8.28. The van der Waals surface area contributed by atoms with Crippen LogP contribution in [0.2, 0.25) is 0 Å². The molecule has 0 unspecified atom stereocenters. The highest BCUT2D eigenvalue weighted by Gasteiger charge is 2.15. The molecule has 1 aliphatic carbocycles. The molecule has 2 N–H and O–H groups in total. The third kappa shape index (κ3) is 4.32. The molecule has 0 radical (unpaired) electrons. The Morgan fingerprint density at radius 3 is 2.62 bits per heavy atom. The lowest BCUT2D eigenvalue weighted by molar-refractivity contribution is 0.102. The van der Waals surface area contributed by atoms with Crippen molar-refractivity contribution in [2.45, 2.75) is 45.1 Å². The van der Waals surface area contributed by atoms with Crippen LogP contribution in [0.15, 0.2) is 35.1 Å². The van der Waals surface area contributed by atoms with E-state index in [1.807, 2.05) is 25.1 Å². The summed E-state index contributed by atoms with van der Waals surface area (Å²) < 4.78 is 0.847. The van der Waals surface area contributed by atoms with Crippen molar-refractivity contribution >= 4 is 33.3 Å².